The molecule has 0 aliphatic carbocycles. The lowest BCUT2D eigenvalue weighted by atomic mass is 9.89. The second-order valence-corrected chi connectivity index (χ2v) is 18.9. The number of piperazine rings is 1. The fraction of sp³-hybridized carbons (Fsp3) is 0.846. The molecular formula is C39H71N5O7. The third-order valence-electron chi connectivity index (χ3n) is 8.92. The highest BCUT2D eigenvalue weighted by atomic mass is 16.3. The van der Waals surface area contributed by atoms with E-state index in [1.54, 1.807) is 21.6 Å². The van der Waals surface area contributed by atoms with Crippen LogP contribution in [0.3, 0.4) is 0 Å². The van der Waals surface area contributed by atoms with Gasteiger partial charge < -0.3 is 29.6 Å². The molecule has 4 heterocycles. The van der Waals surface area contributed by atoms with E-state index in [0.29, 0.717) is 65.0 Å². The lowest BCUT2D eigenvalue weighted by Crippen LogP contribution is -2.63. The molecule has 12 heteroatoms. The molecule has 0 aromatic heterocycles. The van der Waals surface area contributed by atoms with Crippen LogP contribution in [0.4, 0.5) is 0 Å². The number of carbonyl (C=O) groups excluding carboxylic acids is 6. The molecule has 51 heavy (non-hydrogen) atoms. The van der Waals surface area contributed by atoms with Crippen LogP contribution in [0, 0.1) is 21.7 Å². The fourth-order valence-corrected chi connectivity index (χ4v) is 5.74. The lowest BCUT2D eigenvalue weighted by molar-refractivity contribution is -0.160. The number of likely N-dealkylation sites (tertiary alicyclic amines) is 3. The maximum Gasteiger partial charge on any atom is 0.228 e. The molecule has 294 valence electrons. The second-order valence-electron chi connectivity index (χ2n) is 18.9. The average molecular weight is 722 g/mol. The zero-order valence-electron chi connectivity index (χ0n) is 34.5. The third kappa shape index (κ3) is 16.1. The number of ketones is 2. The predicted molar refractivity (Wildman–Crippen MR) is 201 cm³/mol. The SMILES string of the molecule is CC(C)(C)C(=O)N1CCC(=O)CC1.CC(C)(C)C(=O)N1CCC(=O)CC1.CC1(O)CN(C(=O)C(C)(C)C)C1.CN1CCN(C(=O)C(C)(C)C)CC1. The van der Waals surface area contributed by atoms with Crippen molar-refractivity contribution >= 4 is 35.2 Å². The highest BCUT2D eigenvalue weighted by Crippen LogP contribution is 2.26. The maximum absolute atomic E-state index is 11.8. The van der Waals surface area contributed by atoms with Crippen molar-refractivity contribution in [2.24, 2.45) is 21.7 Å². The van der Waals surface area contributed by atoms with Gasteiger partial charge >= 0.3 is 0 Å². The first-order chi connectivity index (χ1) is 23.0. The molecule has 0 aromatic carbocycles. The minimum absolute atomic E-state index is 0.119. The van der Waals surface area contributed by atoms with Gasteiger partial charge in [-0.15, -0.1) is 0 Å². The molecule has 4 amide bonds. The molecule has 0 aromatic rings. The summed E-state index contributed by atoms with van der Waals surface area (Å²) < 4.78 is 0. The van der Waals surface area contributed by atoms with Gasteiger partial charge in [-0.05, 0) is 14.0 Å². The number of aliphatic hydroxyl groups is 1. The number of β-amino-alcohol motifs (C(OH)–C–C–N with tert-alkyl or cyclic N) is 1. The lowest BCUT2D eigenvalue weighted by Gasteiger charge is -2.46. The van der Waals surface area contributed by atoms with Crippen molar-refractivity contribution in [2.75, 3.05) is 72.5 Å². The standard InChI is InChI=1S/C10H20N2O.2C10H17NO2.C9H17NO2/c1-10(2,3)9(13)12-7-5-11(4)6-8-12;2*1-10(2,3)9(13)11-6-4-8(12)5-7-11;1-8(2,3)7(11)10-5-9(4,12)6-10/h5-8H2,1-4H3;2*4-7H2,1-3H3;12H,5-6H2,1-4H3. The van der Waals surface area contributed by atoms with Crippen LogP contribution in [-0.2, 0) is 28.8 Å². The Balaban J connectivity index is 0.000000340. The normalized spacial score (nSPS) is 20.1. The van der Waals surface area contributed by atoms with Crippen LogP contribution in [0.2, 0.25) is 0 Å². The van der Waals surface area contributed by atoms with E-state index in [-0.39, 0.29) is 56.9 Å². The molecule has 4 aliphatic heterocycles. The number of rotatable bonds is 0. The van der Waals surface area contributed by atoms with Gasteiger partial charge in [-0.3, -0.25) is 28.8 Å². The minimum Gasteiger partial charge on any atom is -0.386 e. The number of amides is 4. The zero-order chi connectivity index (χ0) is 39.8. The summed E-state index contributed by atoms with van der Waals surface area (Å²) in [5.41, 5.74) is -1.84. The van der Waals surface area contributed by atoms with Crippen LogP contribution in [0.5, 0.6) is 0 Å². The van der Waals surface area contributed by atoms with E-state index < -0.39 is 5.60 Å². The van der Waals surface area contributed by atoms with Crippen LogP contribution < -0.4 is 0 Å². The van der Waals surface area contributed by atoms with E-state index in [1.807, 2.05) is 88.0 Å². The molecule has 4 aliphatic rings. The molecule has 0 bridgehead atoms. The van der Waals surface area contributed by atoms with Gasteiger partial charge in [0.05, 0.1) is 18.7 Å². The Morgan fingerprint density at radius 1 is 0.471 bits per heavy atom. The van der Waals surface area contributed by atoms with E-state index in [9.17, 15) is 33.9 Å². The summed E-state index contributed by atoms with van der Waals surface area (Å²) in [6.07, 6.45) is 2.12. The number of likely N-dealkylation sites (N-methyl/N-ethyl adjacent to an activating group) is 1. The van der Waals surface area contributed by atoms with Gasteiger partial charge in [0.1, 0.15) is 11.6 Å². The van der Waals surface area contributed by atoms with E-state index in [1.165, 1.54) is 0 Å². The van der Waals surface area contributed by atoms with Crippen LogP contribution in [-0.4, -0.2) is 143 Å². The van der Waals surface area contributed by atoms with Crippen LogP contribution in [0.1, 0.15) is 116 Å². The Kier molecular flexibility index (Phi) is 16.5. The van der Waals surface area contributed by atoms with Crippen molar-refractivity contribution in [1.29, 1.82) is 0 Å². The summed E-state index contributed by atoms with van der Waals surface area (Å²) in [5.74, 6) is 1.26. The third-order valence-corrected chi connectivity index (χ3v) is 8.92. The van der Waals surface area contributed by atoms with Gasteiger partial charge in [0.15, 0.2) is 0 Å². The van der Waals surface area contributed by atoms with E-state index >= 15 is 0 Å². The van der Waals surface area contributed by atoms with Gasteiger partial charge in [0.25, 0.3) is 0 Å². The van der Waals surface area contributed by atoms with Gasteiger partial charge in [0.2, 0.25) is 23.6 Å². The Hall–Kier alpha value is -2.86. The van der Waals surface area contributed by atoms with Crippen molar-refractivity contribution in [3.05, 3.63) is 0 Å². The molecule has 1 N–H and O–H groups in total. The second kappa shape index (κ2) is 18.3. The average Bonchev–Trinajstić information content (AvgIpc) is 2.99. The van der Waals surface area contributed by atoms with Gasteiger partial charge in [-0.2, -0.15) is 0 Å². The monoisotopic (exact) mass is 722 g/mol. The Morgan fingerprint density at radius 3 is 0.941 bits per heavy atom. The predicted octanol–water partition coefficient (Wildman–Crippen LogP) is 3.88. The molecule has 0 spiro atoms. The first-order valence-electron chi connectivity index (χ1n) is 18.6. The zero-order valence-corrected chi connectivity index (χ0v) is 34.5. The van der Waals surface area contributed by atoms with E-state index in [0.717, 1.165) is 26.2 Å². The number of hydrogen-bond acceptors (Lipinski definition) is 8. The molecular weight excluding hydrogens is 650 g/mol. The summed E-state index contributed by atoms with van der Waals surface area (Å²) in [5, 5.41) is 9.40. The summed E-state index contributed by atoms with van der Waals surface area (Å²) in [6, 6.07) is 0. The largest absolute Gasteiger partial charge is 0.386 e. The van der Waals surface area contributed by atoms with Crippen LogP contribution >= 0.6 is 0 Å². The molecule has 0 atom stereocenters. The highest BCUT2D eigenvalue weighted by Gasteiger charge is 2.42. The van der Waals surface area contributed by atoms with E-state index in [4.69, 9.17) is 0 Å². The summed E-state index contributed by atoms with van der Waals surface area (Å²) in [4.78, 5) is 78.3. The Labute approximate surface area is 308 Å². The first-order valence-corrected chi connectivity index (χ1v) is 18.6. The summed E-state index contributed by atoms with van der Waals surface area (Å²) >= 11 is 0. The van der Waals surface area contributed by atoms with Gasteiger partial charge in [0, 0.05) is 99.7 Å². The molecule has 0 saturated carbocycles. The smallest absolute Gasteiger partial charge is 0.228 e. The molecule has 0 radical (unpaired) electrons. The van der Waals surface area contributed by atoms with Gasteiger partial charge in [-0.25, -0.2) is 0 Å². The number of piperidine rings is 2. The molecule has 0 unspecified atom stereocenters. The summed E-state index contributed by atoms with van der Waals surface area (Å²) in [6.45, 7) is 32.0. The number of hydrogen-bond donors (Lipinski definition) is 1. The number of nitrogens with zero attached hydrogens (tertiary/aromatic N) is 5. The fourth-order valence-electron chi connectivity index (χ4n) is 5.74. The first kappa shape index (κ1) is 46.2. The minimum atomic E-state index is -0.652. The summed E-state index contributed by atoms with van der Waals surface area (Å²) in [7, 11) is 2.10. The van der Waals surface area contributed by atoms with Gasteiger partial charge in [-0.1, -0.05) is 83.1 Å². The Bertz CT molecular complexity index is 1150. The van der Waals surface area contributed by atoms with Crippen molar-refractivity contribution < 1.29 is 33.9 Å². The van der Waals surface area contributed by atoms with Crippen molar-refractivity contribution in [3.63, 3.8) is 0 Å². The molecule has 4 rings (SSSR count). The van der Waals surface area contributed by atoms with Crippen molar-refractivity contribution in [1.82, 2.24) is 24.5 Å². The topological polar surface area (TPSA) is 139 Å². The van der Waals surface area contributed by atoms with Crippen LogP contribution in [0.25, 0.3) is 0 Å². The quantitative estimate of drug-likeness (QED) is 0.398. The number of carbonyl (C=O) groups is 6. The maximum atomic E-state index is 11.8. The molecule has 12 nitrogen and oxygen atoms in total. The van der Waals surface area contributed by atoms with Crippen LogP contribution in [0.15, 0.2) is 0 Å². The van der Waals surface area contributed by atoms with E-state index in [2.05, 4.69) is 11.9 Å². The number of Topliss-reactive ketones (excluding diaryl/α,β-unsaturated/α-hetero) is 2. The highest BCUT2D eigenvalue weighted by molar-refractivity contribution is 5.86. The van der Waals surface area contributed by atoms with Crippen molar-refractivity contribution in [2.45, 2.75) is 121 Å². The van der Waals surface area contributed by atoms with Crippen molar-refractivity contribution in [3.8, 4) is 0 Å². The Morgan fingerprint density at radius 2 is 0.706 bits per heavy atom. The molecule has 4 fully saturated rings. The molecule has 4 saturated heterocycles.